The lowest BCUT2D eigenvalue weighted by Gasteiger charge is -2.28. The number of rotatable bonds is 4. The Morgan fingerprint density at radius 2 is 1.83 bits per heavy atom. The van der Waals surface area contributed by atoms with Gasteiger partial charge in [0.05, 0.1) is 24.5 Å². The van der Waals surface area contributed by atoms with Crippen molar-refractivity contribution in [1.82, 2.24) is 0 Å². The predicted octanol–water partition coefficient (Wildman–Crippen LogP) is 2.85. The molecule has 0 aromatic carbocycles. The molecule has 2 aliphatic rings. The predicted molar refractivity (Wildman–Crippen MR) is 89.4 cm³/mol. The van der Waals surface area contributed by atoms with E-state index in [2.05, 4.69) is 5.32 Å². The number of carboxylic acids is 1. The SMILES string of the molecule is COC(=O)C1CCCCC1C(=O)Nc1sc2c(c1C(=O)O)CCC2. The van der Waals surface area contributed by atoms with Gasteiger partial charge in [-0.25, -0.2) is 4.79 Å². The summed E-state index contributed by atoms with van der Waals surface area (Å²) in [5, 5.41) is 12.7. The maximum Gasteiger partial charge on any atom is 0.339 e. The van der Waals surface area contributed by atoms with Crippen LogP contribution in [0, 0.1) is 11.8 Å². The van der Waals surface area contributed by atoms with E-state index in [9.17, 15) is 19.5 Å². The van der Waals surface area contributed by atoms with E-state index in [1.807, 2.05) is 0 Å². The van der Waals surface area contributed by atoms with Crippen molar-refractivity contribution in [3.63, 3.8) is 0 Å². The number of thiophene rings is 1. The van der Waals surface area contributed by atoms with Crippen LogP contribution in [0.5, 0.6) is 0 Å². The minimum atomic E-state index is -1.00. The summed E-state index contributed by atoms with van der Waals surface area (Å²) in [4.78, 5) is 37.3. The number of nitrogens with one attached hydrogen (secondary N) is 1. The maximum absolute atomic E-state index is 12.7. The third-order valence-corrected chi connectivity index (χ3v) is 6.19. The van der Waals surface area contributed by atoms with E-state index >= 15 is 0 Å². The van der Waals surface area contributed by atoms with Crippen LogP contribution in [0.25, 0.3) is 0 Å². The summed E-state index contributed by atoms with van der Waals surface area (Å²) < 4.78 is 4.82. The average molecular weight is 351 g/mol. The fourth-order valence-electron chi connectivity index (χ4n) is 3.80. The fraction of sp³-hybridized carbons (Fsp3) is 0.588. The molecule has 0 bridgehead atoms. The van der Waals surface area contributed by atoms with Crippen molar-refractivity contribution in [3.8, 4) is 0 Å². The maximum atomic E-state index is 12.7. The first-order valence-corrected chi connectivity index (χ1v) is 9.11. The first kappa shape index (κ1) is 17.0. The number of ether oxygens (including phenoxy) is 1. The van der Waals surface area contributed by atoms with Crippen molar-refractivity contribution in [2.24, 2.45) is 11.8 Å². The number of hydrogen-bond acceptors (Lipinski definition) is 5. The van der Waals surface area contributed by atoms with Gasteiger partial charge in [-0.3, -0.25) is 9.59 Å². The van der Waals surface area contributed by atoms with E-state index in [-0.39, 0.29) is 17.4 Å². The normalized spacial score (nSPS) is 22.7. The number of aromatic carboxylic acids is 1. The molecule has 3 rings (SSSR count). The molecule has 1 aromatic heterocycles. The minimum Gasteiger partial charge on any atom is -0.478 e. The van der Waals surface area contributed by atoms with Crippen LogP contribution in [-0.2, 0) is 27.2 Å². The van der Waals surface area contributed by atoms with Gasteiger partial charge in [0.2, 0.25) is 5.91 Å². The zero-order valence-corrected chi connectivity index (χ0v) is 14.4. The van der Waals surface area contributed by atoms with Crippen molar-refractivity contribution in [1.29, 1.82) is 0 Å². The topological polar surface area (TPSA) is 92.7 Å². The average Bonchev–Trinajstić information content (AvgIpc) is 3.14. The van der Waals surface area contributed by atoms with Crippen molar-refractivity contribution in [2.45, 2.75) is 44.9 Å². The van der Waals surface area contributed by atoms with Gasteiger partial charge in [0.25, 0.3) is 0 Å². The summed E-state index contributed by atoms with van der Waals surface area (Å²) >= 11 is 1.36. The van der Waals surface area contributed by atoms with Crippen molar-refractivity contribution in [2.75, 3.05) is 12.4 Å². The zero-order valence-electron chi connectivity index (χ0n) is 13.6. The molecule has 130 valence electrons. The number of fused-ring (bicyclic) bond motifs is 1. The number of amides is 1. The van der Waals surface area contributed by atoms with Gasteiger partial charge in [-0.05, 0) is 37.7 Å². The highest BCUT2D eigenvalue weighted by molar-refractivity contribution is 7.17. The largest absolute Gasteiger partial charge is 0.478 e. The Labute approximate surface area is 144 Å². The standard InChI is InChI=1S/C17H21NO5S/c1-23-17(22)10-6-3-2-5-9(10)14(19)18-15-13(16(20)21)11-7-4-8-12(11)24-15/h9-10H,2-8H2,1H3,(H,18,19)(H,20,21). The molecule has 6 nitrogen and oxygen atoms in total. The Morgan fingerprint density at radius 1 is 1.12 bits per heavy atom. The Bertz CT molecular complexity index is 681. The number of carbonyl (C=O) groups is 3. The van der Waals surface area contributed by atoms with E-state index < -0.39 is 17.8 Å². The lowest BCUT2D eigenvalue weighted by molar-refractivity contribution is -0.151. The highest BCUT2D eigenvalue weighted by Crippen LogP contribution is 2.40. The summed E-state index contributed by atoms with van der Waals surface area (Å²) in [6, 6.07) is 0. The van der Waals surface area contributed by atoms with E-state index in [0.29, 0.717) is 17.8 Å². The lowest BCUT2D eigenvalue weighted by atomic mass is 9.78. The van der Waals surface area contributed by atoms with Gasteiger partial charge in [-0.1, -0.05) is 12.8 Å². The van der Waals surface area contributed by atoms with Crippen LogP contribution in [0.2, 0.25) is 0 Å². The van der Waals surface area contributed by atoms with Gasteiger partial charge >= 0.3 is 11.9 Å². The molecule has 1 amide bonds. The van der Waals surface area contributed by atoms with Crippen LogP contribution in [0.1, 0.15) is 52.9 Å². The van der Waals surface area contributed by atoms with Crippen LogP contribution >= 0.6 is 11.3 Å². The third kappa shape index (κ3) is 3.05. The molecular weight excluding hydrogens is 330 g/mol. The Morgan fingerprint density at radius 3 is 2.50 bits per heavy atom. The molecule has 2 aliphatic carbocycles. The van der Waals surface area contributed by atoms with E-state index in [0.717, 1.165) is 42.5 Å². The van der Waals surface area contributed by atoms with E-state index in [1.54, 1.807) is 0 Å². The monoisotopic (exact) mass is 351 g/mol. The first-order valence-electron chi connectivity index (χ1n) is 8.29. The second kappa shape index (κ2) is 6.93. The summed E-state index contributed by atoms with van der Waals surface area (Å²) in [6.07, 6.45) is 5.62. The van der Waals surface area contributed by atoms with Crippen LogP contribution < -0.4 is 5.32 Å². The summed E-state index contributed by atoms with van der Waals surface area (Å²) in [7, 11) is 1.33. The second-order valence-electron chi connectivity index (χ2n) is 6.38. The Balaban J connectivity index is 1.82. The molecule has 2 atom stereocenters. The number of carbonyl (C=O) groups excluding carboxylic acids is 2. The number of carboxylic acid groups (broad SMARTS) is 1. The van der Waals surface area contributed by atoms with Crippen molar-refractivity contribution >= 4 is 34.2 Å². The van der Waals surface area contributed by atoms with E-state index in [1.165, 1.54) is 18.4 Å². The smallest absolute Gasteiger partial charge is 0.339 e. The number of hydrogen-bond donors (Lipinski definition) is 2. The van der Waals surface area contributed by atoms with Crippen LogP contribution in [-0.4, -0.2) is 30.1 Å². The van der Waals surface area contributed by atoms with Gasteiger partial charge in [0.15, 0.2) is 0 Å². The van der Waals surface area contributed by atoms with Gasteiger partial charge in [-0.2, -0.15) is 0 Å². The van der Waals surface area contributed by atoms with Gasteiger partial charge in [0, 0.05) is 4.88 Å². The minimum absolute atomic E-state index is 0.228. The van der Waals surface area contributed by atoms with Gasteiger partial charge in [-0.15, -0.1) is 11.3 Å². The molecule has 0 aliphatic heterocycles. The molecule has 2 N–H and O–H groups in total. The van der Waals surface area contributed by atoms with Gasteiger partial charge < -0.3 is 15.2 Å². The highest BCUT2D eigenvalue weighted by atomic mass is 32.1. The molecule has 7 heteroatoms. The molecule has 0 spiro atoms. The number of anilines is 1. The zero-order chi connectivity index (χ0) is 17.3. The second-order valence-corrected chi connectivity index (χ2v) is 7.48. The summed E-state index contributed by atoms with van der Waals surface area (Å²) in [5.41, 5.74) is 1.09. The molecule has 24 heavy (non-hydrogen) atoms. The summed E-state index contributed by atoms with van der Waals surface area (Å²) in [6.45, 7) is 0. The molecule has 1 saturated carbocycles. The number of methoxy groups -OCH3 is 1. The molecule has 0 radical (unpaired) electrons. The molecule has 2 unspecified atom stereocenters. The number of aryl methyl sites for hydroxylation is 1. The molecular formula is C17H21NO5S. The fourth-order valence-corrected chi connectivity index (χ4v) is 5.09. The molecule has 1 aromatic rings. The Hall–Kier alpha value is -1.89. The first-order chi connectivity index (χ1) is 11.5. The highest BCUT2D eigenvalue weighted by Gasteiger charge is 2.37. The van der Waals surface area contributed by atoms with Gasteiger partial charge in [0.1, 0.15) is 5.00 Å². The van der Waals surface area contributed by atoms with Crippen molar-refractivity contribution < 1.29 is 24.2 Å². The van der Waals surface area contributed by atoms with Crippen molar-refractivity contribution in [3.05, 3.63) is 16.0 Å². The van der Waals surface area contributed by atoms with Crippen LogP contribution in [0.4, 0.5) is 5.00 Å². The van der Waals surface area contributed by atoms with Crippen LogP contribution in [0.3, 0.4) is 0 Å². The third-order valence-electron chi connectivity index (χ3n) is 4.98. The van der Waals surface area contributed by atoms with E-state index in [4.69, 9.17) is 4.74 Å². The number of esters is 1. The summed E-state index contributed by atoms with van der Waals surface area (Å²) in [5.74, 6) is -2.53. The van der Waals surface area contributed by atoms with Crippen LogP contribution in [0.15, 0.2) is 0 Å². The molecule has 0 saturated heterocycles. The molecule has 1 fully saturated rings. The quantitative estimate of drug-likeness (QED) is 0.814. The lowest BCUT2D eigenvalue weighted by Crippen LogP contribution is -2.36. The Kier molecular flexibility index (Phi) is 4.89. The molecule has 1 heterocycles.